The molecule has 1 fully saturated rings. The molecule has 1 N–H and O–H groups in total. The Balaban J connectivity index is 1.17. The number of aromatic nitrogens is 4. The highest BCUT2D eigenvalue weighted by molar-refractivity contribution is 5.91. The molecule has 0 radical (unpaired) electrons. The number of nitrogens with zero attached hydrogens (tertiary/aromatic N) is 4. The Morgan fingerprint density at radius 1 is 1.03 bits per heavy atom. The van der Waals surface area contributed by atoms with Crippen LogP contribution in [-0.4, -0.2) is 46.7 Å². The summed E-state index contributed by atoms with van der Waals surface area (Å²) in [7, 11) is 1.70. The molecular weight excluding hydrogens is 486 g/mol. The lowest BCUT2D eigenvalue weighted by Gasteiger charge is -2.32. The van der Waals surface area contributed by atoms with E-state index in [9.17, 15) is 0 Å². The van der Waals surface area contributed by atoms with Crippen molar-refractivity contribution in [3.05, 3.63) is 82.7 Å². The third-order valence-corrected chi connectivity index (χ3v) is 7.89. The van der Waals surface area contributed by atoms with Crippen molar-refractivity contribution in [2.24, 2.45) is 0 Å². The summed E-state index contributed by atoms with van der Waals surface area (Å²) in [4.78, 5) is 20.4. The molecular formula is C32H35N5O2. The lowest BCUT2D eigenvalue weighted by molar-refractivity contribution is 0.338. The van der Waals surface area contributed by atoms with Crippen LogP contribution in [0.5, 0.6) is 11.5 Å². The minimum Gasteiger partial charge on any atom is -0.497 e. The first-order chi connectivity index (χ1) is 19.0. The largest absolute Gasteiger partial charge is 0.497 e. The van der Waals surface area contributed by atoms with Crippen molar-refractivity contribution in [2.75, 3.05) is 31.7 Å². The Bertz CT molecular complexity index is 1530. The van der Waals surface area contributed by atoms with E-state index >= 15 is 0 Å². The molecule has 6 rings (SSSR count). The van der Waals surface area contributed by atoms with Crippen LogP contribution in [0.15, 0.2) is 48.8 Å². The Kier molecular flexibility index (Phi) is 6.81. The summed E-state index contributed by atoms with van der Waals surface area (Å²) in [6.07, 6.45) is 6.84. The maximum Gasteiger partial charge on any atom is 0.139 e. The van der Waals surface area contributed by atoms with E-state index < -0.39 is 0 Å². The van der Waals surface area contributed by atoms with Crippen LogP contribution in [0.2, 0.25) is 0 Å². The van der Waals surface area contributed by atoms with Crippen molar-refractivity contribution in [3.63, 3.8) is 0 Å². The van der Waals surface area contributed by atoms with Gasteiger partial charge in [0.1, 0.15) is 29.5 Å². The van der Waals surface area contributed by atoms with Gasteiger partial charge in [-0.1, -0.05) is 12.1 Å². The molecule has 3 heterocycles. The Morgan fingerprint density at radius 3 is 2.64 bits per heavy atom. The number of H-pyrrole nitrogens is 1. The van der Waals surface area contributed by atoms with Crippen LogP contribution >= 0.6 is 0 Å². The van der Waals surface area contributed by atoms with Gasteiger partial charge in [-0.25, -0.2) is 15.0 Å². The first-order valence-electron chi connectivity index (χ1n) is 13.8. The molecule has 39 heavy (non-hydrogen) atoms. The van der Waals surface area contributed by atoms with Crippen molar-refractivity contribution in [1.82, 2.24) is 19.9 Å². The zero-order chi connectivity index (χ0) is 26.9. The second kappa shape index (κ2) is 10.6. The van der Waals surface area contributed by atoms with Crippen molar-refractivity contribution >= 4 is 17.5 Å². The first kappa shape index (κ1) is 25.2. The van der Waals surface area contributed by atoms with E-state index in [1.165, 1.54) is 11.1 Å². The van der Waals surface area contributed by atoms with Crippen LogP contribution in [-0.2, 0) is 6.42 Å². The molecule has 2 aromatic heterocycles. The average molecular weight is 522 g/mol. The first-order valence-corrected chi connectivity index (χ1v) is 13.8. The summed E-state index contributed by atoms with van der Waals surface area (Å²) < 4.78 is 11.2. The van der Waals surface area contributed by atoms with E-state index in [0.29, 0.717) is 12.5 Å². The molecule has 4 aromatic rings. The molecule has 0 bridgehead atoms. The van der Waals surface area contributed by atoms with Crippen LogP contribution in [0.4, 0.5) is 5.82 Å². The van der Waals surface area contributed by atoms with Gasteiger partial charge in [0.25, 0.3) is 0 Å². The van der Waals surface area contributed by atoms with E-state index in [-0.39, 0.29) is 0 Å². The predicted molar refractivity (Wildman–Crippen MR) is 155 cm³/mol. The van der Waals surface area contributed by atoms with Gasteiger partial charge in [-0.2, -0.15) is 0 Å². The number of aryl methyl sites for hydroxylation is 2. The van der Waals surface area contributed by atoms with Gasteiger partial charge in [0, 0.05) is 42.2 Å². The molecule has 1 saturated heterocycles. The highest BCUT2D eigenvalue weighted by atomic mass is 16.5. The second-order valence-electron chi connectivity index (χ2n) is 10.4. The lowest BCUT2D eigenvalue weighted by Crippen LogP contribution is -2.34. The summed E-state index contributed by atoms with van der Waals surface area (Å²) in [6.45, 7) is 8.76. The monoisotopic (exact) mass is 521 g/mol. The van der Waals surface area contributed by atoms with Crippen LogP contribution in [0.3, 0.4) is 0 Å². The van der Waals surface area contributed by atoms with Gasteiger partial charge < -0.3 is 19.4 Å². The van der Waals surface area contributed by atoms with Gasteiger partial charge in [0.05, 0.1) is 25.1 Å². The number of nitrogens with one attached hydrogen (secondary N) is 1. The average Bonchev–Trinajstić information content (AvgIpc) is 3.58. The quantitative estimate of drug-likeness (QED) is 0.304. The topological polar surface area (TPSA) is 76.2 Å². The van der Waals surface area contributed by atoms with Gasteiger partial charge in [-0.05, 0) is 86.7 Å². The van der Waals surface area contributed by atoms with Gasteiger partial charge in [0.15, 0.2) is 0 Å². The van der Waals surface area contributed by atoms with Gasteiger partial charge >= 0.3 is 0 Å². The molecule has 0 amide bonds. The van der Waals surface area contributed by atoms with Crippen molar-refractivity contribution in [2.45, 2.75) is 46.0 Å². The van der Waals surface area contributed by atoms with E-state index in [1.807, 2.05) is 19.1 Å². The Hall–Kier alpha value is -4.13. The highest BCUT2D eigenvalue weighted by Gasteiger charge is 2.28. The number of piperidine rings is 1. The normalized spacial score (nSPS) is 15.3. The molecule has 1 aliphatic carbocycles. The number of allylic oxidation sites excluding steroid dienone is 1. The number of imidazole rings is 1. The van der Waals surface area contributed by atoms with Crippen LogP contribution in [0.25, 0.3) is 22.9 Å². The van der Waals surface area contributed by atoms with Gasteiger partial charge in [-0.15, -0.1) is 0 Å². The summed E-state index contributed by atoms with van der Waals surface area (Å²) in [6, 6.07) is 14.6. The van der Waals surface area contributed by atoms with E-state index in [4.69, 9.17) is 19.4 Å². The highest BCUT2D eigenvalue weighted by Crippen LogP contribution is 2.38. The SMILES string of the molecule is CCOc1ccc(-c2nc(C3CCN(c4ncnc5c4C=C(c4cccc(OC)c4)C5)CC3)[nH]c2C)cc1C. The standard InChI is InChI=1S/C32H35N5O2/c1-5-39-29-10-9-24(15-20(29)2)30-21(3)35-31(36-30)22-11-13-37(14-12-22)32-27-17-25(18-28(27)33-19-34-32)23-7-6-8-26(16-23)38-4/h6-10,15-17,19,22H,5,11-14,18H2,1-4H3,(H,35,36). The molecule has 1 aliphatic heterocycles. The fraction of sp³-hybridized carbons (Fsp3) is 0.344. The minimum absolute atomic E-state index is 0.398. The zero-order valence-electron chi connectivity index (χ0n) is 23.1. The number of benzene rings is 2. The van der Waals surface area contributed by atoms with Crippen molar-refractivity contribution in [1.29, 1.82) is 0 Å². The maximum atomic E-state index is 5.72. The molecule has 7 nitrogen and oxygen atoms in total. The van der Waals surface area contributed by atoms with Crippen LogP contribution < -0.4 is 14.4 Å². The molecule has 0 atom stereocenters. The number of hydrogen-bond donors (Lipinski definition) is 1. The Morgan fingerprint density at radius 2 is 1.87 bits per heavy atom. The smallest absolute Gasteiger partial charge is 0.139 e. The van der Waals surface area contributed by atoms with E-state index in [2.05, 4.69) is 65.1 Å². The second-order valence-corrected chi connectivity index (χ2v) is 10.4. The number of fused-ring (bicyclic) bond motifs is 1. The fourth-order valence-corrected chi connectivity index (χ4v) is 5.81. The fourth-order valence-electron chi connectivity index (χ4n) is 5.81. The van der Waals surface area contributed by atoms with E-state index in [1.54, 1.807) is 13.4 Å². The third kappa shape index (κ3) is 4.89. The van der Waals surface area contributed by atoms with E-state index in [0.717, 1.165) is 89.3 Å². The number of ether oxygens (including phenoxy) is 2. The number of aromatic amines is 1. The molecule has 200 valence electrons. The molecule has 0 spiro atoms. The molecule has 2 aliphatic rings. The minimum atomic E-state index is 0.398. The maximum absolute atomic E-state index is 5.72. The summed E-state index contributed by atoms with van der Waals surface area (Å²) in [5.74, 6) is 4.32. The molecule has 7 heteroatoms. The van der Waals surface area contributed by atoms with Crippen molar-refractivity contribution < 1.29 is 9.47 Å². The molecule has 0 saturated carbocycles. The molecule has 2 aromatic carbocycles. The Labute approximate surface area is 230 Å². The number of anilines is 1. The zero-order valence-corrected chi connectivity index (χ0v) is 23.1. The van der Waals surface area contributed by atoms with Gasteiger partial charge in [0.2, 0.25) is 0 Å². The predicted octanol–water partition coefficient (Wildman–Crippen LogP) is 6.37. The number of hydrogen-bond acceptors (Lipinski definition) is 6. The number of methoxy groups -OCH3 is 1. The number of rotatable bonds is 7. The third-order valence-electron chi connectivity index (χ3n) is 7.89. The summed E-state index contributed by atoms with van der Waals surface area (Å²) >= 11 is 0. The van der Waals surface area contributed by atoms with Crippen LogP contribution in [0, 0.1) is 13.8 Å². The summed E-state index contributed by atoms with van der Waals surface area (Å²) in [5, 5.41) is 0. The molecule has 0 unspecified atom stereocenters. The van der Waals surface area contributed by atoms with Crippen LogP contribution in [0.1, 0.15) is 59.6 Å². The summed E-state index contributed by atoms with van der Waals surface area (Å²) in [5.41, 5.74) is 9.07. The van der Waals surface area contributed by atoms with Crippen molar-refractivity contribution in [3.8, 4) is 22.8 Å². The van der Waals surface area contributed by atoms with Gasteiger partial charge in [-0.3, -0.25) is 0 Å². The lowest BCUT2D eigenvalue weighted by atomic mass is 9.96.